The van der Waals surface area contributed by atoms with Crippen molar-refractivity contribution < 1.29 is 18.7 Å². The van der Waals surface area contributed by atoms with Gasteiger partial charge in [0.05, 0.1) is 11.4 Å². The molecular formula is C17H12F2N2O2. The van der Waals surface area contributed by atoms with Crippen molar-refractivity contribution in [1.29, 1.82) is 0 Å². The Kier molecular flexibility index (Phi) is 3.65. The second kappa shape index (κ2) is 5.64. The minimum Gasteiger partial charge on any atom is -0.476 e. The van der Waals surface area contributed by atoms with Crippen molar-refractivity contribution in [1.82, 2.24) is 9.78 Å². The molecule has 2 aromatic carbocycles. The summed E-state index contributed by atoms with van der Waals surface area (Å²) in [6.45, 7) is 1.89. The standard InChI is InChI=1S/C17H12F2N2O2/c1-10-3-2-4-12(7-10)21-16(9-15(20-21)17(22)23)11-5-6-13(18)14(19)8-11/h2-9H,1H3,(H,22,23). The number of aromatic carboxylic acids is 1. The Morgan fingerprint density at radius 1 is 1.09 bits per heavy atom. The molecule has 0 saturated heterocycles. The van der Waals surface area contributed by atoms with E-state index in [-0.39, 0.29) is 5.69 Å². The van der Waals surface area contributed by atoms with E-state index >= 15 is 0 Å². The van der Waals surface area contributed by atoms with E-state index < -0.39 is 17.6 Å². The molecule has 4 nitrogen and oxygen atoms in total. The Morgan fingerprint density at radius 2 is 1.87 bits per heavy atom. The summed E-state index contributed by atoms with van der Waals surface area (Å²) in [6, 6.07) is 12.0. The maximum atomic E-state index is 13.5. The lowest BCUT2D eigenvalue weighted by atomic mass is 10.1. The number of hydrogen-bond donors (Lipinski definition) is 1. The van der Waals surface area contributed by atoms with Crippen LogP contribution >= 0.6 is 0 Å². The average Bonchev–Trinajstić information content (AvgIpc) is 2.95. The highest BCUT2D eigenvalue weighted by molar-refractivity contribution is 5.87. The molecule has 0 spiro atoms. The average molecular weight is 314 g/mol. The molecule has 0 atom stereocenters. The van der Waals surface area contributed by atoms with Crippen LogP contribution in [0.3, 0.4) is 0 Å². The lowest BCUT2D eigenvalue weighted by Crippen LogP contribution is -2.02. The summed E-state index contributed by atoms with van der Waals surface area (Å²) in [5, 5.41) is 13.2. The molecule has 0 unspecified atom stereocenters. The number of nitrogens with zero attached hydrogens (tertiary/aromatic N) is 2. The fourth-order valence-corrected chi connectivity index (χ4v) is 2.30. The normalized spacial score (nSPS) is 10.7. The van der Waals surface area contributed by atoms with Gasteiger partial charge < -0.3 is 5.11 Å². The number of carboxylic acids is 1. The van der Waals surface area contributed by atoms with Crippen LogP contribution in [-0.4, -0.2) is 20.9 Å². The largest absolute Gasteiger partial charge is 0.476 e. The van der Waals surface area contributed by atoms with Crippen molar-refractivity contribution in [2.24, 2.45) is 0 Å². The predicted octanol–water partition coefficient (Wildman–Crippen LogP) is 3.82. The Hall–Kier alpha value is -3.02. The van der Waals surface area contributed by atoms with Gasteiger partial charge in [-0.3, -0.25) is 0 Å². The van der Waals surface area contributed by atoms with Gasteiger partial charge in [0.1, 0.15) is 0 Å². The Morgan fingerprint density at radius 3 is 2.52 bits per heavy atom. The lowest BCUT2D eigenvalue weighted by molar-refractivity contribution is 0.0690. The zero-order valence-electron chi connectivity index (χ0n) is 12.1. The quantitative estimate of drug-likeness (QED) is 0.799. The third-order valence-corrected chi connectivity index (χ3v) is 3.39. The zero-order chi connectivity index (χ0) is 16.6. The fraction of sp³-hybridized carbons (Fsp3) is 0.0588. The topological polar surface area (TPSA) is 55.1 Å². The monoisotopic (exact) mass is 314 g/mol. The first-order valence-corrected chi connectivity index (χ1v) is 6.81. The minimum absolute atomic E-state index is 0.175. The summed E-state index contributed by atoms with van der Waals surface area (Å²) in [5.74, 6) is -3.16. The van der Waals surface area contributed by atoms with E-state index in [2.05, 4.69) is 5.10 Å². The SMILES string of the molecule is Cc1cccc(-n2nc(C(=O)O)cc2-c2ccc(F)c(F)c2)c1. The van der Waals surface area contributed by atoms with Crippen LogP contribution in [0.2, 0.25) is 0 Å². The third kappa shape index (κ3) is 2.83. The summed E-state index contributed by atoms with van der Waals surface area (Å²) in [5.41, 5.74) is 2.13. The van der Waals surface area contributed by atoms with Crippen molar-refractivity contribution in [3.63, 3.8) is 0 Å². The van der Waals surface area contributed by atoms with Crippen molar-refractivity contribution >= 4 is 5.97 Å². The van der Waals surface area contributed by atoms with E-state index in [9.17, 15) is 13.6 Å². The van der Waals surface area contributed by atoms with E-state index in [1.54, 1.807) is 6.07 Å². The predicted molar refractivity (Wildman–Crippen MR) is 80.6 cm³/mol. The van der Waals surface area contributed by atoms with E-state index in [1.807, 2.05) is 25.1 Å². The fourth-order valence-electron chi connectivity index (χ4n) is 2.30. The van der Waals surface area contributed by atoms with Crippen molar-refractivity contribution in [3.8, 4) is 16.9 Å². The second-order valence-electron chi connectivity index (χ2n) is 5.10. The van der Waals surface area contributed by atoms with Crippen molar-refractivity contribution in [2.75, 3.05) is 0 Å². The molecule has 0 amide bonds. The first-order chi connectivity index (χ1) is 11.0. The highest BCUT2D eigenvalue weighted by Crippen LogP contribution is 2.26. The molecule has 3 rings (SSSR count). The number of carbonyl (C=O) groups is 1. The Balaban J connectivity index is 2.22. The van der Waals surface area contributed by atoms with E-state index in [0.717, 1.165) is 17.7 Å². The minimum atomic E-state index is -1.19. The molecule has 3 aromatic rings. The summed E-state index contributed by atoms with van der Waals surface area (Å²) in [4.78, 5) is 11.2. The molecule has 1 heterocycles. The molecule has 0 saturated carbocycles. The number of rotatable bonds is 3. The van der Waals surface area contributed by atoms with Crippen LogP contribution in [0.1, 0.15) is 16.1 Å². The first-order valence-electron chi connectivity index (χ1n) is 6.81. The van der Waals surface area contributed by atoms with Gasteiger partial charge in [-0.2, -0.15) is 5.10 Å². The van der Waals surface area contributed by atoms with Gasteiger partial charge >= 0.3 is 5.97 Å². The number of hydrogen-bond acceptors (Lipinski definition) is 2. The van der Waals surface area contributed by atoms with Crippen LogP contribution in [0.25, 0.3) is 16.9 Å². The van der Waals surface area contributed by atoms with Gasteiger partial charge in [-0.05, 0) is 48.9 Å². The molecule has 0 aliphatic rings. The number of aryl methyl sites for hydroxylation is 1. The summed E-state index contributed by atoms with van der Waals surface area (Å²) >= 11 is 0. The molecule has 23 heavy (non-hydrogen) atoms. The summed E-state index contributed by atoms with van der Waals surface area (Å²) in [7, 11) is 0. The number of benzene rings is 2. The molecule has 0 radical (unpaired) electrons. The third-order valence-electron chi connectivity index (χ3n) is 3.39. The van der Waals surface area contributed by atoms with Gasteiger partial charge in [0, 0.05) is 5.56 Å². The smallest absolute Gasteiger partial charge is 0.356 e. The van der Waals surface area contributed by atoms with Gasteiger partial charge in [0.15, 0.2) is 17.3 Å². The number of aromatic nitrogens is 2. The van der Waals surface area contributed by atoms with Gasteiger partial charge in [0.2, 0.25) is 0 Å². The first kappa shape index (κ1) is 14.9. The highest BCUT2D eigenvalue weighted by Gasteiger charge is 2.17. The van der Waals surface area contributed by atoms with Crippen LogP contribution in [0.5, 0.6) is 0 Å². The van der Waals surface area contributed by atoms with Gasteiger partial charge in [0.25, 0.3) is 0 Å². The molecular weight excluding hydrogens is 302 g/mol. The molecule has 0 aliphatic carbocycles. The number of carboxylic acid groups (broad SMARTS) is 1. The second-order valence-corrected chi connectivity index (χ2v) is 5.10. The number of halogens is 2. The highest BCUT2D eigenvalue weighted by atomic mass is 19.2. The zero-order valence-corrected chi connectivity index (χ0v) is 12.1. The molecule has 1 aromatic heterocycles. The van der Waals surface area contributed by atoms with Crippen LogP contribution in [0.15, 0.2) is 48.5 Å². The van der Waals surface area contributed by atoms with Gasteiger partial charge in [-0.1, -0.05) is 12.1 Å². The molecule has 0 aliphatic heterocycles. The van der Waals surface area contributed by atoms with E-state index in [1.165, 1.54) is 16.8 Å². The molecule has 1 N–H and O–H groups in total. The van der Waals surface area contributed by atoms with Crippen LogP contribution in [-0.2, 0) is 0 Å². The van der Waals surface area contributed by atoms with E-state index in [0.29, 0.717) is 16.9 Å². The Labute approximate surface area is 130 Å². The van der Waals surface area contributed by atoms with E-state index in [4.69, 9.17) is 5.11 Å². The Bertz CT molecular complexity index is 903. The van der Waals surface area contributed by atoms with Crippen LogP contribution in [0, 0.1) is 18.6 Å². The van der Waals surface area contributed by atoms with Gasteiger partial charge in [-0.25, -0.2) is 18.3 Å². The van der Waals surface area contributed by atoms with Crippen LogP contribution < -0.4 is 0 Å². The maximum absolute atomic E-state index is 13.5. The van der Waals surface area contributed by atoms with Crippen LogP contribution in [0.4, 0.5) is 8.78 Å². The molecule has 116 valence electrons. The van der Waals surface area contributed by atoms with Crippen molar-refractivity contribution in [3.05, 3.63) is 71.4 Å². The molecule has 0 bridgehead atoms. The van der Waals surface area contributed by atoms with Crippen molar-refractivity contribution in [2.45, 2.75) is 6.92 Å². The lowest BCUT2D eigenvalue weighted by Gasteiger charge is -2.08. The van der Waals surface area contributed by atoms with Gasteiger partial charge in [-0.15, -0.1) is 0 Å². The summed E-state index contributed by atoms with van der Waals surface area (Å²) in [6.07, 6.45) is 0. The maximum Gasteiger partial charge on any atom is 0.356 e. The molecule has 0 fully saturated rings. The molecule has 6 heteroatoms. The summed E-state index contributed by atoms with van der Waals surface area (Å²) < 4.78 is 28.0.